The van der Waals surface area contributed by atoms with Crippen molar-refractivity contribution < 1.29 is 4.79 Å². The number of aryl methyl sites for hydroxylation is 1. The van der Waals surface area contributed by atoms with E-state index in [4.69, 9.17) is 4.99 Å². The number of nitrogens with zero attached hydrogens (tertiary/aromatic N) is 3. The van der Waals surface area contributed by atoms with Crippen LogP contribution in [0.3, 0.4) is 0 Å². The van der Waals surface area contributed by atoms with E-state index in [1.807, 2.05) is 0 Å². The summed E-state index contributed by atoms with van der Waals surface area (Å²) in [6.45, 7) is 11.2. The standard InChI is InChI=1S/C23H37N5OS.HI/c1-4-24-23(26-17-20-9-8-18(2)16-21(20)30-3)25-10-11-27-12-14-28(15-13-27)22(29)19-6-5-7-19;/h8-9,16,19H,4-7,10-15,17H2,1-3H3,(H2,24,25,26);1H. The highest BCUT2D eigenvalue weighted by molar-refractivity contribution is 14.0. The third kappa shape index (κ3) is 7.82. The van der Waals surface area contributed by atoms with Crippen molar-refractivity contribution in [2.75, 3.05) is 52.1 Å². The number of halogens is 1. The first kappa shape index (κ1) is 26.3. The van der Waals surface area contributed by atoms with Crippen molar-refractivity contribution in [1.82, 2.24) is 20.4 Å². The molecule has 1 saturated heterocycles. The Morgan fingerprint density at radius 2 is 1.94 bits per heavy atom. The number of aliphatic imine (C=N–C) groups is 1. The fourth-order valence-electron chi connectivity index (χ4n) is 3.93. The van der Waals surface area contributed by atoms with Crippen LogP contribution in [0.1, 0.15) is 37.3 Å². The van der Waals surface area contributed by atoms with Gasteiger partial charge in [0.1, 0.15) is 0 Å². The topological polar surface area (TPSA) is 60.0 Å². The normalized spacial score (nSPS) is 17.6. The van der Waals surface area contributed by atoms with Crippen LogP contribution in [0.15, 0.2) is 28.1 Å². The molecule has 0 bridgehead atoms. The summed E-state index contributed by atoms with van der Waals surface area (Å²) < 4.78 is 0. The SMILES string of the molecule is CCNC(=NCc1ccc(C)cc1SC)NCCN1CCN(C(=O)C2CCC2)CC1.I. The Hall–Kier alpha value is -1.00. The van der Waals surface area contributed by atoms with Crippen LogP contribution in [0.2, 0.25) is 0 Å². The van der Waals surface area contributed by atoms with Gasteiger partial charge in [-0.3, -0.25) is 9.69 Å². The molecular formula is C23H38IN5OS. The van der Waals surface area contributed by atoms with E-state index in [1.165, 1.54) is 22.4 Å². The van der Waals surface area contributed by atoms with Crippen LogP contribution in [0.5, 0.6) is 0 Å². The lowest BCUT2D eigenvalue weighted by atomic mass is 9.84. The van der Waals surface area contributed by atoms with Crippen LogP contribution < -0.4 is 10.6 Å². The number of carbonyl (C=O) groups excluding carboxylic acids is 1. The minimum atomic E-state index is 0. The first-order valence-corrected chi connectivity index (χ1v) is 12.5. The first-order chi connectivity index (χ1) is 14.6. The molecule has 0 atom stereocenters. The van der Waals surface area contributed by atoms with E-state index < -0.39 is 0 Å². The van der Waals surface area contributed by atoms with Gasteiger partial charge in [0, 0.05) is 56.6 Å². The van der Waals surface area contributed by atoms with Gasteiger partial charge in [-0.15, -0.1) is 35.7 Å². The van der Waals surface area contributed by atoms with Gasteiger partial charge in [-0.1, -0.05) is 18.6 Å². The second-order valence-corrected chi connectivity index (χ2v) is 9.08. The van der Waals surface area contributed by atoms with E-state index in [0.29, 0.717) is 18.4 Å². The molecule has 0 spiro atoms. The summed E-state index contributed by atoms with van der Waals surface area (Å²) in [5, 5.41) is 6.81. The monoisotopic (exact) mass is 559 g/mol. The molecule has 0 aromatic heterocycles. The van der Waals surface area contributed by atoms with Gasteiger partial charge in [-0.2, -0.15) is 0 Å². The van der Waals surface area contributed by atoms with Crippen molar-refractivity contribution in [2.45, 2.75) is 44.6 Å². The lowest BCUT2D eigenvalue weighted by Crippen LogP contribution is -2.52. The molecule has 1 aliphatic heterocycles. The molecule has 8 heteroatoms. The first-order valence-electron chi connectivity index (χ1n) is 11.3. The molecule has 174 valence electrons. The second kappa shape index (κ2) is 13.5. The lowest BCUT2D eigenvalue weighted by Gasteiger charge is -2.38. The summed E-state index contributed by atoms with van der Waals surface area (Å²) in [6, 6.07) is 6.56. The predicted octanol–water partition coefficient (Wildman–Crippen LogP) is 3.33. The molecule has 1 saturated carbocycles. The largest absolute Gasteiger partial charge is 0.357 e. The molecule has 2 aliphatic rings. The minimum Gasteiger partial charge on any atom is -0.357 e. The molecule has 1 aliphatic carbocycles. The van der Waals surface area contributed by atoms with Crippen molar-refractivity contribution in [3.05, 3.63) is 29.3 Å². The molecule has 0 radical (unpaired) electrons. The Morgan fingerprint density at radius 1 is 1.19 bits per heavy atom. The molecule has 3 rings (SSSR count). The molecule has 0 unspecified atom stereocenters. The predicted molar refractivity (Wildman–Crippen MR) is 142 cm³/mol. The maximum Gasteiger partial charge on any atom is 0.225 e. The smallest absolute Gasteiger partial charge is 0.225 e. The molecule has 1 heterocycles. The van der Waals surface area contributed by atoms with E-state index in [9.17, 15) is 4.79 Å². The molecule has 1 amide bonds. The van der Waals surface area contributed by atoms with E-state index in [0.717, 1.165) is 64.6 Å². The van der Waals surface area contributed by atoms with Gasteiger partial charge >= 0.3 is 0 Å². The second-order valence-electron chi connectivity index (χ2n) is 8.23. The summed E-state index contributed by atoms with van der Waals surface area (Å²) in [5.41, 5.74) is 2.55. The summed E-state index contributed by atoms with van der Waals surface area (Å²) in [7, 11) is 0. The zero-order valence-corrected chi connectivity index (χ0v) is 22.3. The summed E-state index contributed by atoms with van der Waals surface area (Å²) >= 11 is 1.78. The Balaban J connectivity index is 0.00000341. The molecule has 2 N–H and O–H groups in total. The van der Waals surface area contributed by atoms with Crippen LogP contribution in [0.25, 0.3) is 0 Å². The van der Waals surface area contributed by atoms with Gasteiger partial charge in [-0.25, -0.2) is 4.99 Å². The number of benzene rings is 1. The van der Waals surface area contributed by atoms with Crippen molar-refractivity contribution in [2.24, 2.45) is 10.9 Å². The van der Waals surface area contributed by atoms with Crippen LogP contribution in [-0.4, -0.2) is 73.7 Å². The van der Waals surface area contributed by atoms with Gasteiger partial charge in [0.25, 0.3) is 0 Å². The molecule has 1 aromatic rings. The minimum absolute atomic E-state index is 0. The molecule has 2 fully saturated rings. The van der Waals surface area contributed by atoms with Crippen molar-refractivity contribution >= 4 is 47.6 Å². The lowest BCUT2D eigenvalue weighted by molar-refractivity contribution is -0.139. The fraction of sp³-hybridized carbons (Fsp3) is 0.652. The molecule has 31 heavy (non-hydrogen) atoms. The average Bonchev–Trinajstić information content (AvgIpc) is 2.71. The Morgan fingerprint density at radius 3 is 2.55 bits per heavy atom. The van der Waals surface area contributed by atoms with Crippen LogP contribution >= 0.6 is 35.7 Å². The highest BCUT2D eigenvalue weighted by Crippen LogP contribution is 2.28. The average molecular weight is 560 g/mol. The van der Waals surface area contributed by atoms with E-state index in [2.05, 4.69) is 58.7 Å². The van der Waals surface area contributed by atoms with Crippen LogP contribution in [0.4, 0.5) is 0 Å². The van der Waals surface area contributed by atoms with Crippen LogP contribution in [0, 0.1) is 12.8 Å². The molecule has 6 nitrogen and oxygen atoms in total. The Kier molecular flexibility index (Phi) is 11.5. The van der Waals surface area contributed by atoms with E-state index in [1.54, 1.807) is 11.8 Å². The van der Waals surface area contributed by atoms with Gasteiger partial charge < -0.3 is 15.5 Å². The number of hydrogen-bond acceptors (Lipinski definition) is 4. The van der Waals surface area contributed by atoms with E-state index >= 15 is 0 Å². The maximum absolute atomic E-state index is 12.4. The van der Waals surface area contributed by atoms with Gasteiger partial charge in [-0.05, 0) is 50.1 Å². The number of carbonyl (C=O) groups is 1. The number of thioether (sulfide) groups is 1. The third-order valence-electron chi connectivity index (χ3n) is 6.05. The van der Waals surface area contributed by atoms with Crippen molar-refractivity contribution in [3.8, 4) is 0 Å². The summed E-state index contributed by atoms with van der Waals surface area (Å²) in [6.07, 6.45) is 5.53. The number of guanidine groups is 1. The van der Waals surface area contributed by atoms with Crippen molar-refractivity contribution in [1.29, 1.82) is 0 Å². The Labute approximate surface area is 209 Å². The number of rotatable bonds is 8. The number of piperazine rings is 1. The van der Waals surface area contributed by atoms with Gasteiger partial charge in [0.2, 0.25) is 5.91 Å². The Bertz CT molecular complexity index is 733. The molecular weight excluding hydrogens is 521 g/mol. The van der Waals surface area contributed by atoms with E-state index in [-0.39, 0.29) is 24.0 Å². The quantitative estimate of drug-likeness (QED) is 0.222. The molecule has 1 aromatic carbocycles. The van der Waals surface area contributed by atoms with Gasteiger partial charge in [0.05, 0.1) is 6.54 Å². The van der Waals surface area contributed by atoms with Crippen molar-refractivity contribution in [3.63, 3.8) is 0 Å². The summed E-state index contributed by atoms with van der Waals surface area (Å²) in [4.78, 5) is 23.0. The zero-order chi connectivity index (χ0) is 21.3. The highest BCUT2D eigenvalue weighted by Gasteiger charge is 2.30. The summed E-state index contributed by atoms with van der Waals surface area (Å²) in [5.74, 6) is 1.57. The van der Waals surface area contributed by atoms with Crippen LogP contribution in [-0.2, 0) is 11.3 Å². The fourth-order valence-corrected chi connectivity index (χ4v) is 4.62. The van der Waals surface area contributed by atoms with Gasteiger partial charge in [0.15, 0.2) is 5.96 Å². The number of hydrogen-bond donors (Lipinski definition) is 2. The third-order valence-corrected chi connectivity index (χ3v) is 6.87. The number of nitrogens with one attached hydrogen (secondary N) is 2. The zero-order valence-electron chi connectivity index (χ0n) is 19.2. The highest BCUT2D eigenvalue weighted by atomic mass is 127. The number of amides is 1. The maximum atomic E-state index is 12.4.